The molecule has 16 nitrogen and oxygen atoms in total. The summed E-state index contributed by atoms with van der Waals surface area (Å²) in [4.78, 5) is 50.9. The first-order chi connectivity index (χ1) is 30.7. The molecule has 4 heterocycles. The molecule has 2 saturated heterocycles. The molecule has 4 N–H and O–H groups in total. The Morgan fingerprint density at radius 3 is 1.62 bits per heavy atom. The number of ether oxygens (including phenoxy) is 2. The molecule has 2 aliphatic heterocycles. The van der Waals surface area contributed by atoms with Crippen LogP contribution in [0.3, 0.4) is 0 Å². The summed E-state index contributed by atoms with van der Waals surface area (Å²) in [6.07, 6.45) is 9.76. The van der Waals surface area contributed by atoms with Gasteiger partial charge in [0.1, 0.15) is 0 Å². The highest BCUT2D eigenvalue weighted by molar-refractivity contribution is 9.10. The summed E-state index contributed by atoms with van der Waals surface area (Å²) in [6.45, 7) is 8.40. The number of benzene rings is 2. The van der Waals surface area contributed by atoms with Crippen LogP contribution in [0, 0.1) is 24.2 Å². The van der Waals surface area contributed by atoms with E-state index >= 15 is 0 Å². The molecule has 0 bridgehead atoms. The first-order valence-corrected chi connectivity index (χ1v) is 22.4. The van der Waals surface area contributed by atoms with Gasteiger partial charge in [0, 0.05) is 61.2 Å². The van der Waals surface area contributed by atoms with E-state index in [4.69, 9.17) is 15.9 Å². The molecule has 2 fully saturated rings. The highest BCUT2D eigenvalue weighted by Gasteiger charge is 2.44. The lowest BCUT2D eigenvalue weighted by molar-refractivity contribution is -0.138. The van der Waals surface area contributed by atoms with Crippen LogP contribution in [0.1, 0.15) is 115 Å². The molecule has 8 rings (SSSR count). The monoisotopic (exact) mass is 954 g/mol. The summed E-state index contributed by atoms with van der Waals surface area (Å²) in [5.74, 6) is 5.89. The standard InChI is InChI=1S/C24H27N3O5.C17H19BrN2O3.C7H9NO2/c1-4-32-21(28)20-19-18(9-6-11-23(19,2)30)27(25-20)17-8-5-7-16(15-17)10-12-24(31)13-14-26(3)22(24)29;1-3-23-16(21)15-14-13(8-5-9-17(14,2)22)20(19-15)12-7-4-6-11(18)10-12;1-3-7(10)4-5-8(2)6(7)9/h5,7-8,15,30-31H,4,6,9,11,13-14H2,1-3H3;4,6-7,10,22H,3,5,8-9H2,1-2H3;1,10H,4-5H2,2H3/t23?,24-;;7-/m0.0/s1. The summed E-state index contributed by atoms with van der Waals surface area (Å²) in [5, 5.41) is 50.6. The number of aromatic nitrogens is 4. The van der Waals surface area contributed by atoms with E-state index in [9.17, 15) is 39.6 Å². The van der Waals surface area contributed by atoms with Crippen molar-refractivity contribution in [2.45, 2.75) is 101 Å². The molecule has 2 unspecified atom stereocenters. The molecular weight excluding hydrogens is 900 g/mol. The fraction of sp³-hybridized carbons (Fsp3) is 0.458. The number of amides is 2. The Hall–Kier alpha value is -5.82. The van der Waals surface area contributed by atoms with Crippen molar-refractivity contribution in [3.05, 3.63) is 92.5 Å². The highest BCUT2D eigenvalue weighted by Crippen LogP contribution is 2.40. The molecule has 0 spiro atoms. The van der Waals surface area contributed by atoms with Crippen LogP contribution in [-0.4, -0.2) is 125 Å². The zero-order chi connectivity index (χ0) is 47.5. The molecule has 2 aliphatic carbocycles. The van der Waals surface area contributed by atoms with Gasteiger partial charge in [0.2, 0.25) is 11.2 Å². The molecule has 65 heavy (non-hydrogen) atoms. The smallest absolute Gasteiger partial charge is 0.359 e. The maximum atomic E-state index is 12.6. The van der Waals surface area contributed by atoms with Gasteiger partial charge in [-0.2, -0.15) is 10.2 Å². The third-order valence-electron chi connectivity index (χ3n) is 11.9. The fourth-order valence-corrected chi connectivity index (χ4v) is 8.90. The van der Waals surface area contributed by atoms with Crippen molar-refractivity contribution in [1.29, 1.82) is 0 Å². The second kappa shape index (κ2) is 19.3. The first kappa shape index (κ1) is 48.6. The summed E-state index contributed by atoms with van der Waals surface area (Å²) < 4.78 is 14.6. The summed E-state index contributed by atoms with van der Waals surface area (Å²) in [7, 11) is 3.26. The molecule has 4 aromatic rings. The van der Waals surface area contributed by atoms with Gasteiger partial charge >= 0.3 is 11.9 Å². The maximum Gasteiger partial charge on any atom is 0.359 e. The third-order valence-corrected chi connectivity index (χ3v) is 12.4. The van der Waals surface area contributed by atoms with E-state index in [2.05, 4.69) is 43.9 Å². The molecule has 4 aliphatic rings. The lowest BCUT2D eigenvalue weighted by Gasteiger charge is -2.29. The molecule has 2 aromatic carbocycles. The van der Waals surface area contributed by atoms with Crippen LogP contribution < -0.4 is 0 Å². The number of nitrogens with zero attached hydrogens (tertiary/aromatic N) is 6. The molecule has 344 valence electrons. The molecule has 4 atom stereocenters. The average Bonchev–Trinajstić information content (AvgIpc) is 4.01. The van der Waals surface area contributed by atoms with Gasteiger partial charge in [0.15, 0.2) is 11.4 Å². The normalized spacial score (nSPS) is 24.3. The van der Waals surface area contributed by atoms with Gasteiger partial charge in [-0.3, -0.25) is 9.59 Å². The minimum atomic E-state index is -1.68. The van der Waals surface area contributed by atoms with Gasteiger partial charge in [-0.25, -0.2) is 19.0 Å². The summed E-state index contributed by atoms with van der Waals surface area (Å²) in [5.41, 5.74) is -0.236. The van der Waals surface area contributed by atoms with Crippen molar-refractivity contribution in [2.24, 2.45) is 0 Å². The van der Waals surface area contributed by atoms with Gasteiger partial charge in [-0.1, -0.05) is 45.8 Å². The minimum Gasteiger partial charge on any atom is -0.461 e. The Labute approximate surface area is 386 Å². The van der Waals surface area contributed by atoms with Crippen LogP contribution in [0.2, 0.25) is 0 Å². The lowest BCUT2D eigenvalue weighted by atomic mass is 9.82. The van der Waals surface area contributed by atoms with Crippen molar-refractivity contribution < 1.29 is 49.1 Å². The third kappa shape index (κ3) is 10.0. The van der Waals surface area contributed by atoms with Crippen LogP contribution in [0.4, 0.5) is 0 Å². The van der Waals surface area contributed by atoms with Gasteiger partial charge in [-0.15, -0.1) is 6.42 Å². The van der Waals surface area contributed by atoms with Crippen LogP contribution in [0.25, 0.3) is 11.4 Å². The number of rotatable bonds is 6. The van der Waals surface area contributed by atoms with Gasteiger partial charge in [0.25, 0.3) is 11.8 Å². The number of carbonyl (C=O) groups excluding carboxylic acids is 4. The minimum absolute atomic E-state index is 0.122. The Morgan fingerprint density at radius 2 is 1.20 bits per heavy atom. The second-order valence-electron chi connectivity index (χ2n) is 17.0. The summed E-state index contributed by atoms with van der Waals surface area (Å²) >= 11 is 3.46. The largest absolute Gasteiger partial charge is 0.461 e. The average molecular weight is 956 g/mol. The molecule has 2 aromatic heterocycles. The van der Waals surface area contributed by atoms with Crippen LogP contribution in [0.5, 0.6) is 0 Å². The van der Waals surface area contributed by atoms with Crippen LogP contribution in [-0.2, 0) is 43.1 Å². The van der Waals surface area contributed by atoms with Crippen LogP contribution in [0.15, 0.2) is 53.0 Å². The predicted molar refractivity (Wildman–Crippen MR) is 242 cm³/mol. The molecule has 17 heteroatoms. The number of terminal acetylenes is 1. The van der Waals surface area contributed by atoms with Crippen molar-refractivity contribution in [3.63, 3.8) is 0 Å². The van der Waals surface area contributed by atoms with Gasteiger partial charge < -0.3 is 39.7 Å². The Bertz CT molecular complexity index is 2600. The summed E-state index contributed by atoms with van der Waals surface area (Å²) in [6, 6.07) is 14.9. The quantitative estimate of drug-likeness (QED) is 0.159. The van der Waals surface area contributed by atoms with E-state index in [0.717, 1.165) is 40.8 Å². The zero-order valence-electron chi connectivity index (χ0n) is 37.5. The van der Waals surface area contributed by atoms with E-state index in [0.29, 0.717) is 61.2 Å². The number of likely N-dealkylation sites (tertiary alicyclic amines) is 2. The molecule has 2 amide bonds. The number of halogens is 1. The lowest BCUT2D eigenvalue weighted by Crippen LogP contribution is -2.37. The fourth-order valence-electron chi connectivity index (χ4n) is 8.52. The van der Waals surface area contributed by atoms with E-state index < -0.39 is 40.2 Å². The van der Waals surface area contributed by atoms with Crippen LogP contribution >= 0.6 is 15.9 Å². The Balaban J connectivity index is 0.000000184. The molecule has 0 saturated carbocycles. The zero-order valence-corrected chi connectivity index (χ0v) is 39.1. The van der Waals surface area contributed by atoms with E-state index in [-0.39, 0.29) is 36.9 Å². The predicted octanol–water partition coefficient (Wildman–Crippen LogP) is 4.11. The Morgan fingerprint density at radius 1 is 0.738 bits per heavy atom. The number of likely N-dealkylation sites (N-methyl/N-ethyl adjacent to an activating group) is 2. The van der Waals surface area contributed by atoms with E-state index in [1.807, 2.05) is 30.3 Å². The van der Waals surface area contributed by atoms with Crippen molar-refractivity contribution in [2.75, 3.05) is 40.4 Å². The molecular formula is C48H55BrN6O10. The highest BCUT2D eigenvalue weighted by atomic mass is 79.9. The number of hydrogen-bond acceptors (Lipinski definition) is 12. The number of carbonyl (C=O) groups is 4. The van der Waals surface area contributed by atoms with Gasteiger partial charge in [-0.05, 0) is 103 Å². The number of fused-ring (bicyclic) bond motifs is 2. The van der Waals surface area contributed by atoms with Gasteiger partial charge in [0.05, 0.1) is 47.2 Å². The van der Waals surface area contributed by atoms with E-state index in [1.165, 1.54) is 9.80 Å². The molecule has 0 radical (unpaired) electrons. The number of esters is 2. The number of hydrogen-bond donors (Lipinski definition) is 4. The first-order valence-electron chi connectivity index (χ1n) is 21.6. The number of aliphatic hydroxyl groups is 4. The second-order valence-corrected chi connectivity index (χ2v) is 17.9. The van der Waals surface area contributed by atoms with E-state index in [1.54, 1.807) is 69.4 Å². The Kier molecular flexibility index (Phi) is 14.5. The van der Waals surface area contributed by atoms with Crippen molar-refractivity contribution >= 4 is 39.7 Å². The van der Waals surface area contributed by atoms with Crippen molar-refractivity contribution in [3.8, 4) is 35.6 Å². The van der Waals surface area contributed by atoms with Crippen molar-refractivity contribution in [1.82, 2.24) is 29.4 Å². The topological polar surface area (TPSA) is 210 Å². The SMILES string of the molecule is C#C[C@]1(O)CCN(C)C1=O.CCOC(=O)c1nn(-c2cccc(Br)c2)c2c1C(C)(O)CCC2.CCOC(=O)c1nn(-c2cccc(C#C[C@]3(O)CCN(C)C3=O)c2)c2c1C(C)(O)CCC2. The maximum absolute atomic E-state index is 12.6.